The van der Waals surface area contributed by atoms with Gasteiger partial charge in [-0.15, -0.1) is 21.5 Å². The van der Waals surface area contributed by atoms with E-state index in [4.69, 9.17) is 5.73 Å². The zero-order valence-corrected chi connectivity index (χ0v) is 9.44. The van der Waals surface area contributed by atoms with Gasteiger partial charge in [0.1, 0.15) is 5.78 Å². The van der Waals surface area contributed by atoms with Gasteiger partial charge in [0.2, 0.25) is 0 Å². The molecule has 0 aromatic carbocycles. The Bertz CT molecular complexity index is 460. The van der Waals surface area contributed by atoms with E-state index in [1.165, 1.54) is 16.1 Å². The number of ketones is 1. The third-order valence-electron chi connectivity index (χ3n) is 1.85. The fourth-order valence-electron chi connectivity index (χ4n) is 1.24. The van der Waals surface area contributed by atoms with Gasteiger partial charge >= 0.3 is 0 Å². The first-order valence-electron chi connectivity index (χ1n) is 4.58. The second kappa shape index (κ2) is 4.35. The van der Waals surface area contributed by atoms with Crippen LogP contribution in [0, 0.1) is 0 Å². The molecule has 0 fully saturated rings. The standard InChI is InChI=1S/C8H10N6OS/c1-14-12-7(11-13-14)3-6(15)2-5-4-16-8(9)10-5/h4H,2-3H2,1H3,(H2,9,10). The average Bonchev–Trinajstić information content (AvgIpc) is 2.76. The van der Waals surface area contributed by atoms with E-state index in [2.05, 4.69) is 20.4 Å². The van der Waals surface area contributed by atoms with Gasteiger partial charge in [0, 0.05) is 5.38 Å². The van der Waals surface area contributed by atoms with E-state index in [0.29, 0.717) is 16.6 Å². The predicted octanol–water partition coefficient (Wildman–Crippen LogP) is -0.397. The van der Waals surface area contributed by atoms with Gasteiger partial charge in [-0.3, -0.25) is 4.79 Å². The fourth-order valence-corrected chi connectivity index (χ4v) is 1.80. The molecule has 0 atom stereocenters. The monoisotopic (exact) mass is 238 g/mol. The van der Waals surface area contributed by atoms with Gasteiger partial charge in [-0.25, -0.2) is 4.98 Å². The lowest BCUT2D eigenvalue weighted by atomic mass is 10.2. The van der Waals surface area contributed by atoms with E-state index in [9.17, 15) is 4.79 Å². The van der Waals surface area contributed by atoms with Crippen molar-refractivity contribution in [2.24, 2.45) is 7.05 Å². The van der Waals surface area contributed by atoms with Gasteiger partial charge in [-0.2, -0.15) is 4.80 Å². The summed E-state index contributed by atoms with van der Waals surface area (Å²) in [4.78, 5) is 16.9. The molecular weight excluding hydrogens is 228 g/mol. The highest BCUT2D eigenvalue weighted by atomic mass is 32.1. The van der Waals surface area contributed by atoms with Crippen molar-refractivity contribution in [2.75, 3.05) is 5.73 Å². The molecule has 0 saturated heterocycles. The number of nitrogens with two attached hydrogens (primary N) is 1. The average molecular weight is 238 g/mol. The number of aryl methyl sites for hydroxylation is 1. The topological polar surface area (TPSA) is 99.6 Å². The number of tetrazole rings is 1. The van der Waals surface area contributed by atoms with Crippen molar-refractivity contribution in [3.05, 3.63) is 16.9 Å². The zero-order chi connectivity index (χ0) is 11.5. The summed E-state index contributed by atoms with van der Waals surface area (Å²) in [6, 6.07) is 0. The van der Waals surface area contributed by atoms with Crippen LogP contribution in [0.4, 0.5) is 5.13 Å². The lowest BCUT2D eigenvalue weighted by molar-refractivity contribution is -0.117. The number of thiazole rings is 1. The van der Waals surface area contributed by atoms with Crippen LogP contribution in [0.2, 0.25) is 0 Å². The van der Waals surface area contributed by atoms with Crippen molar-refractivity contribution in [2.45, 2.75) is 12.8 Å². The minimum atomic E-state index is -0.00157. The van der Waals surface area contributed by atoms with Crippen LogP contribution in [0.15, 0.2) is 5.38 Å². The quantitative estimate of drug-likeness (QED) is 0.778. The summed E-state index contributed by atoms with van der Waals surface area (Å²) in [5.74, 6) is 0.425. The smallest absolute Gasteiger partial charge is 0.182 e. The molecule has 0 unspecified atom stereocenters. The molecule has 0 saturated carbocycles. The zero-order valence-electron chi connectivity index (χ0n) is 8.62. The molecule has 0 aliphatic heterocycles. The van der Waals surface area contributed by atoms with E-state index in [1.807, 2.05) is 0 Å². The highest BCUT2D eigenvalue weighted by molar-refractivity contribution is 7.13. The summed E-state index contributed by atoms with van der Waals surface area (Å²) in [5, 5.41) is 13.6. The Morgan fingerprint density at radius 1 is 1.56 bits per heavy atom. The van der Waals surface area contributed by atoms with Crippen molar-refractivity contribution in [3.8, 4) is 0 Å². The minimum Gasteiger partial charge on any atom is -0.375 e. The largest absolute Gasteiger partial charge is 0.375 e. The lowest BCUT2D eigenvalue weighted by Gasteiger charge is -1.93. The van der Waals surface area contributed by atoms with Crippen LogP contribution in [-0.2, 0) is 24.7 Å². The van der Waals surface area contributed by atoms with Gasteiger partial charge in [0.25, 0.3) is 0 Å². The SMILES string of the molecule is Cn1nnc(CC(=O)Cc2csc(N)n2)n1. The first kappa shape index (κ1) is 10.7. The third-order valence-corrected chi connectivity index (χ3v) is 2.58. The molecule has 2 aromatic heterocycles. The predicted molar refractivity (Wildman–Crippen MR) is 57.7 cm³/mol. The van der Waals surface area contributed by atoms with Crippen molar-refractivity contribution >= 4 is 22.3 Å². The molecule has 2 aromatic rings. The Morgan fingerprint density at radius 3 is 2.94 bits per heavy atom. The number of hydrogen-bond acceptors (Lipinski definition) is 7. The lowest BCUT2D eigenvalue weighted by Crippen LogP contribution is -2.08. The maximum Gasteiger partial charge on any atom is 0.182 e. The Morgan fingerprint density at radius 2 is 2.38 bits per heavy atom. The van der Waals surface area contributed by atoms with Gasteiger partial charge in [0.15, 0.2) is 11.0 Å². The van der Waals surface area contributed by atoms with Gasteiger partial charge in [-0.1, -0.05) is 0 Å². The van der Waals surface area contributed by atoms with Crippen molar-refractivity contribution in [1.82, 2.24) is 25.2 Å². The summed E-state index contributed by atoms with van der Waals surface area (Å²) in [6.07, 6.45) is 0.428. The van der Waals surface area contributed by atoms with E-state index >= 15 is 0 Å². The Labute approximate surface area is 95.3 Å². The minimum absolute atomic E-state index is 0.00157. The number of nitrogens with zero attached hydrogens (tertiary/aromatic N) is 5. The number of rotatable bonds is 4. The van der Waals surface area contributed by atoms with Crippen molar-refractivity contribution in [1.29, 1.82) is 0 Å². The molecule has 0 spiro atoms. The van der Waals surface area contributed by atoms with Crippen LogP contribution >= 0.6 is 11.3 Å². The van der Waals surface area contributed by atoms with E-state index in [0.717, 1.165) is 0 Å². The normalized spacial score (nSPS) is 10.6. The maximum absolute atomic E-state index is 11.6. The summed E-state index contributed by atoms with van der Waals surface area (Å²) < 4.78 is 0. The number of carbonyl (C=O) groups excluding carboxylic acids is 1. The molecule has 84 valence electrons. The molecule has 2 rings (SSSR count). The maximum atomic E-state index is 11.6. The number of Topliss-reactive ketones (excluding diaryl/α,β-unsaturated/α-hetero) is 1. The van der Waals surface area contributed by atoms with Crippen LogP contribution in [-0.4, -0.2) is 31.0 Å². The molecular formula is C8H10N6OS. The van der Waals surface area contributed by atoms with Gasteiger partial charge < -0.3 is 5.73 Å². The summed E-state index contributed by atoms with van der Waals surface area (Å²) >= 11 is 1.32. The fraction of sp³-hybridized carbons (Fsp3) is 0.375. The number of anilines is 1. The number of aromatic nitrogens is 5. The highest BCUT2D eigenvalue weighted by Crippen LogP contribution is 2.11. The van der Waals surface area contributed by atoms with Crippen LogP contribution in [0.3, 0.4) is 0 Å². The first-order chi connectivity index (χ1) is 7.63. The van der Waals surface area contributed by atoms with Crippen LogP contribution < -0.4 is 5.73 Å². The number of nitrogen functional groups attached to an aromatic ring is 1. The molecule has 2 N–H and O–H groups in total. The molecule has 2 heterocycles. The Hall–Kier alpha value is -1.83. The van der Waals surface area contributed by atoms with E-state index in [1.54, 1.807) is 12.4 Å². The van der Waals surface area contributed by atoms with Crippen LogP contribution in [0.5, 0.6) is 0 Å². The summed E-state index contributed by atoms with van der Waals surface area (Å²) in [6.45, 7) is 0. The summed E-state index contributed by atoms with van der Waals surface area (Å²) in [5.41, 5.74) is 6.16. The van der Waals surface area contributed by atoms with Gasteiger partial charge in [0.05, 0.1) is 25.6 Å². The second-order valence-electron chi connectivity index (χ2n) is 3.26. The Balaban J connectivity index is 1.94. The molecule has 16 heavy (non-hydrogen) atoms. The highest BCUT2D eigenvalue weighted by Gasteiger charge is 2.11. The molecule has 7 nitrogen and oxygen atoms in total. The van der Waals surface area contributed by atoms with Gasteiger partial charge in [-0.05, 0) is 5.21 Å². The van der Waals surface area contributed by atoms with E-state index < -0.39 is 0 Å². The molecule has 0 aliphatic rings. The number of carbonyl (C=O) groups is 1. The number of hydrogen-bond donors (Lipinski definition) is 1. The van der Waals surface area contributed by atoms with Crippen LogP contribution in [0.25, 0.3) is 0 Å². The third kappa shape index (κ3) is 2.60. The van der Waals surface area contributed by atoms with Crippen LogP contribution in [0.1, 0.15) is 11.5 Å². The molecule has 0 bridgehead atoms. The molecule has 0 radical (unpaired) electrons. The molecule has 8 heteroatoms. The van der Waals surface area contributed by atoms with Crippen molar-refractivity contribution < 1.29 is 4.79 Å². The molecule has 0 aliphatic carbocycles. The summed E-state index contributed by atoms with van der Waals surface area (Å²) in [7, 11) is 1.65. The first-order valence-corrected chi connectivity index (χ1v) is 5.46. The second-order valence-corrected chi connectivity index (χ2v) is 4.15. The Kier molecular flexibility index (Phi) is 2.91. The van der Waals surface area contributed by atoms with E-state index in [-0.39, 0.29) is 18.6 Å². The van der Waals surface area contributed by atoms with Crippen molar-refractivity contribution in [3.63, 3.8) is 0 Å². The molecule has 0 amide bonds.